The van der Waals surface area contributed by atoms with E-state index in [0.29, 0.717) is 34.6 Å². The molecule has 0 radical (unpaired) electrons. The summed E-state index contributed by atoms with van der Waals surface area (Å²) in [7, 11) is 0. The third-order valence-electron chi connectivity index (χ3n) is 4.35. The van der Waals surface area contributed by atoms with Crippen molar-refractivity contribution < 1.29 is 14.3 Å². The molecule has 0 spiro atoms. The first-order valence-electron chi connectivity index (χ1n) is 8.55. The van der Waals surface area contributed by atoms with Crippen LogP contribution in [0.4, 0.5) is 5.69 Å². The molecule has 0 saturated carbocycles. The second-order valence-corrected chi connectivity index (χ2v) is 6.26. The predicted molar refractivity (Wildman–Crippen MR) is 97.8 cm³/mol. The van der Waals surface area contributed by atoms with Gasteiger partial charge in [0.05, 0.1) is 17.1 Å². The van der Waals surface area contributed by atoms with Crippen LogP contribution in [0, 0.1) is 0 Å². The van der Waals surface area contributed by atoms with Crippen molar-refractivity contribution in [1.82, 2.24) is 9.97 Å². The number of aromatic nitrogens is 2. The number of imidazole rings is 1. The first-order chi connectivity index (χ1) is 12.7. The van der Waals surface area contributed by atoms with Gasteiger partial charge in [0.15, 0.2) is 0 Å². The van der Waals surface area contributed by atoms with E-state index < -0.39 is 0 Å². The van der Waals surface area contributed by atoms with Gasteiger partial charge >= 0.3 is 5.69 Å². The Morgan fingerprint density at radius 2 is 1.96 bits per heavy atom. The van der Waals surface area contributed by atoms with E-state index >= 15 is 0 Å². The quantitative estimate of drug-likeness (QED) is 0.657. The second-order valence-electron chi connectivity index (χ2n) is 6.26. The number of hydrogen-bond donors (Lipinski definition) is 3. The van der Waals surface area contributed by atoms with Gasteiger partial charge in [0.25, 0.3) is 5.91 Å². The lowest BCUT2D eigenvalue weighted by atomic mass is 10.2. The molecule has 26 heavy (non-hydrogen) atoms. The largest absolute Gasteiger partial charge is 0.491 e. The van der Waals surface area contributed by atoms with E-state index in [1.54, 1.807) is 42.5 Å². The summed E-state index contributed by atoms with van der Waals surface area (Å²) in [5.74, 6) is 0.483. The van der Waals surface area contributed by atoms with Crippen molar-refractivity contribution in [2.75, 3.05) is 18.5 Å². The van der Waals surface area contributed by atoms with Crippen molar-refractivity contribution >= 4 is 22.6 Å². The number of anilines is 1. The smallest absolute Gasteiger partial charge is 0.323 e. The monoisotopic (exact) mass is 353 g/mol. The highest BCUT2D eigenvalue weighted by Gasteiger charge is 2.16. The van der Waals surface area contributed by atoms with Crippen molar-refractivity contribution in [1.29, 1.82) is 0 Å². The van der Waals surface area contributed by atoms with Crippen LogP contribution in [0.2, 0.25) is 0 Å². The van der Waals surface area contributed by atoms with Gasteiger partial charge in [-0.15, -0.1) is 0 Å². The maximum atomic E-state index is 12.4. The number of aromatic amines is 2. The van der Waals surface area contributed by atoms with Gasteiger partial charge in [-0.2, -0.15) is 0 Å². The number of carbonyl (C=O) groups excluding carboxylic acids is 1. The summed E-state index contributed by atoms with van der Waals surface area (Å²) < 4.78 is 11.2. The van der Waals surface area contributed by atoms with E-state index in [0.717, 1.165) is 19.4 Å². The molecule has 7 nitrogen and oxygen atoms in total. The van der Waals surface area contributed by atoms with Crippen LogP contribution in [-0.2, 0) is 4.74 Å². The van der Waals surface area contributed by atoms with Crippen LogP contribution < -0.4 is 15.7 Å². The zero-order valence-corrected chi connectivity index (χ0v) is 14.1. The molecule has 1 saturated heterocycles. The van der Waals surface area contributed by atoms with Crippen molar-refractivity contribution in [3.05, 3.63) is 58.5 Å². The Morgan fingerprint density at radius 1 is 1.15 bits per heavy atom. The van der Waals surface area contributed by atoms with E-state index in [4.69, 9.17) is 9.47 Å². The van der Waals surface area contributed by atoms with Crippen LogP contribution >= 0.6 is 0 Å². The van der Waals surface area contributed by atoms with E-state index in [9.17, 15) is 9.59 Å². The fourth-order valence-corrected chi connectivity index (χ4v) is 2.98. The first kappa shape index (κ1) is 16.4. The molecular weight excluding hydrogens is 334 g/mol. The normalized spacial score (nSPS) is 16.7. The summed E-state index contributed by atoms with van der Waals surface area (Å²) in [6.07, 6.45) is 2.26. The summed E-state index contributed by atoms with van der Waals surface area (Å²) in [6.45, 7) is 1.33. The molecule has 3 aromatic rings. The Kier molecular flexibility index (Phi) is 4.45. The summed E-state index contributed by atoms with van der Waals surface area (Å²) >= 11 is 0. The Hall–Kier alpha value is -3.06. The van der Waals surface area contributed by atoms with Gasteiger partial charge in [-0.25, -0.2) is 4.79 Å². The Bertz CT molecular complexity index is 968. The minimum absolute atomic E-state index is 0.160. The summed E-state index contributed by atoms with van der Waals surface area (Å²) in [6, 6.07) is 12.2. The van der Waals surface area contributed by atoms with Crippen LogP contribution in [0.15, 0.2) is 47.3 Å². The molecule has 7 heteroatoms. The summed E-state index contributed by atoms with van der Waals surface area (Å²) in [5, 5.41) is 2.82. The Morgan fingerprint density at radius 3 is 2.73 bits per heavy atom. The fourth-order valence-electron chi connectivity index (χ4n) is 2.98. The number of amides is 1. The number of carbonyl (C=O) groups is 1. The molecule has 1 aromatic heterocycles. The molecule has 2 heterocycles. The molecule has 1 aliphatic heterocycles. The molecule has 134 valence electrons. The molecule has 1 amide bonds. The van der Waals surface area contributed by atoms with Crippen molar-refractivity contribution in [3.8, 4) is 5.75 Å². The van der Waals surface area contributed by atoms with Crippen LogP contribution in [0.3, 0.4) is 0 Å². The van der Waals surface area contributed by atoms with Crippen molar-refractivity contribution in [3.63, 3.8) is 0 Å². The zero-order chi connectivity index (χ0) is 17.9. The predicted octanol–water partition coefficient (Wildman–Crippen LogP) is 2.67. The molecule has 0 bridgehead atoms. The lowest BCUT2D eigenvalue weighted by molar-refractivity contribution is 0.0679. The molecule has 1 fully saturated rings. The molecule has 2 aromatic carbocycles. The maximum Gasteiger partial charge on any atom is 0.323 e. The van der Waals surface area contributed by atoms with Gasteiger partial charge in [0.1, 0.15) is 12.4 Å². The molecule has 4 rings (SSSR count). The molecule has 0 aliphatic carbocycles. The average molecular weight is 353 g/mol. The van der Waals surface area contributed by atoms with Gasteiger partial charge in [-0.1, -0.05) is 0 Å². The van der Waals surface area contributed by atoms with E-state index in [1.165, 1.54) is 0 Å². The highest BCUT2D eigenvalue weighted by Crippen LogP contribution is 2.18. The zero-order valence-electron chi connectivity index (χ0n) is 14.1. The highest BCUT2D eigenvalue weighted by atomic mass is 16.5. The van der Waals surface area contributed by atoms with Crippen LogP contribution in [0.25, 0.3) is 11.0 Å². The third-order valence-corrected chi connectivity index (χ3v) is 4.35. The molecular formula is C19H19N3O4. The van der Waals surface area contributed by atoms with Gasteiger partial charge in [0, 0.05) is 17.9 Å². The van der Waals surface area contributed by atoms with Gasteiger partial charge in [0.2, 0.25) is 0 Å². The minimum Gasteiger partial charge on any atom is -0.491 e. The Balaban J connectivity index is 1.39. The van der Waals surface area contributed by atoms with Crippen molar-refractivity contribution in [2.45, 2.75) is 18.9 Å². The highest BCUT2D eigenvalue weighted by molar-refractivity contribution is 6.05. The van der Waals surface area contributed by atoms with Crippen LogP contribution in [0.1, 0.15) is 23.2 Å². The van der Waals surface area contributed by atoms with Crippen molar-refractivity contribution in [2.24, 2.45) is 0 Å². The van der Waals surface area contributed by atoms with E-state index in [2.05, 4.69) is 15.3 Å². The topological polar surface area (TPSA) is 96.2 Å². The average Bonchev–Trinajstić information content (AvgIpc) is 3.28. The molecule has 0 unspecified atom stereocenters. The molecule has 1 aliphatic rings. The number of nitrogens with one attached hydrogen (secondary N) is 3. The number of benzene rings is 2. The maximum absolute atomic E-state index is 12.4. The van der Waals surface area contributed by atoms with Gasteiger partial charge < -0.3 is 24.8 Å². The SMILES string of the molecule is O=C(Nc1ccc2[nH]c(=O)[nH]c2c1)c1ccc(OC[C@@H]2CCCO2)cc1. The number of ether oxygens (including phenoxy) is 2. The van der Waals surface area contributed by atoms with Gasteiger partial charge in [-0.3, -0.25) is 4.79 Å². The Labute approximate surface area is 149 Å². The summed E-state index contributed by atoms with van der Waals surface area (Å²) in [5.41, 5.74) is 2.20. The lowest BCUT2D eigenvalue weighted by Crippen LogP contribution is -2.16. The third kappa shape index (κ3) is 3.62. The number of fused-ring (bicyclic) bond motifs is 1. The van der Waals surface area contributed by atoms with E-state index in [1.807, 2.05) is 0 Å². The number of H-pyrrole nitrogens is 2. The fraction of sp³-hybridized carbons (Fsp3) is 0.263. The first-order valence-corrected chi connectivity index (χ1v) is 8.55. The lowest BCUT2D eigenvalue weighted by Gasteiger charge is -2.11. The minimum atomic E-state index is -0.276. The summed E-state index contributed by atoms with van der Waals surface area (Å²) in [4.78, 5) is 29.0. The second kappa shape index (κ2) is 7.05. The van der Waals surface area contributed by atoms with Crippen LogP contribution in [0.5, 0.6) is 5.75 Å². The number of hydrogen-bond acceptors (Lipinski definition) is 4. The van der Waals surface area contributed by atoms with Gasteiger partial charge in [-0.05, 0) is 55.3 Å². The molecule has 1 atom stereocenters. The van der Waals surface area contributed by atoms with E-state index in [-0.39, 0.29) is 17.7 Å². The number of rotatable bonds is 5. The van der Waals surface area contributed by atoms with Crippen LogP contribution in [-0.4, -0.2) is 35.2 Å². The standard InChI is InChI=1S/C19H19N3O4/c23-18(20-13-5-8-16-17(10-13)22-19(24)21-16)12-3-6-14(7-4-12)26-11-15-2-1-9-25-15/h3-8,10,15H,1-2,9,11H2,(H,20,23)(H2,21,22,24)/t15-/m0/s1. The molecule has 3 N–H and O–H groups in total.